The lowest BCUT2D eigenvalue weighted by Gasteiger charge is -2.30. The van der Waals surface area contributed by atoms with Gasteiger partial charge in [0.15, 0.2) is 0 Å². The quantitative estimate of drug-likeness (QED) is 0.878. The van der Waals surface area contributed by atoms with Gasteiger partial charge < -0.3 is 10.2 Å². The van der Waals surface area contributed by atoms with Crippen molar-refractivity contribution in [2.45, 2.75) is 45.3 Å². The van der Waals surface area contributed by atoms with E-state index in [2.05, 4.69) is 10.4 Å². The van der Waals surface area contributed by atoms with Crippen LogP contribution in [-0.2, 0) is 24.4 Å². The first-order chi connectivity index (χ1) is 13.1. The van der Waals surface area contributed by atoms with Crippen molar-refractivity contribution in [2.24, 2.45) is 5.92 Å². The maximum atomic E-state index is 12.6. The Balaban J connectivity index is 1.41. The van der Waals surface area contributed by atoms with Gasteiger partial charge in [0, 0.05) is 19.0 Å². The molecule has 1 aromatic heterocycles. The van der Waals surface area contributed by atoms with E-state index >= 15 is 0 Å². The number of benzene rings is 1. The Labute approximate surface area is 163 Å². The first-order valence-electron chi connectivity index (χ1n) is 9.49. The number of amides is 2. The van der Waals surface area contributed by atoms with Crippen molar-refractivity contribution < 1.29 is 9.59 Å². The number of carbonyl (C=O) groups excluding carboxylic acids is 2. The standard InChI is InChI=1S/C20H23ClN4O2/c21-18-8-2-1-7-17(18)19(26)22-12-15-11-16-13-24(9-4-10-25(16)23-15)20(27)14-5-3-6-14/h1-2,7-8,11,14H,3-6,9-10,12-13H2,(H,22,26). The number of rotatable bonds is 4. The fourth-order valence-corrected chi connectivity index (χ4v) is 3.84. The van der Waals surface area contributed by atoms with Crippen LogP contribution in [-0.4, -0.2) is 33.0 Å². The third kappa shape index (κ3) is 3.86. The molecular formula is C20H23ClN4O2. The van der Waals surface area contributed by atoms with Crippen LogP contribution < -0.4 is 5.32 Å². The largest absolute Gasteiger partial charge is 0.346 e. The number of nitrogens with one attached hydrogen (secondary N) is 1. The summed E-state index contributed by atoms with van der Waals surface area (Å²) in [5, 5.41) is 7.91. The second-order valence-electron chi connectivity index (χ2n) is 7.25. The molecule has 0 spiro atoms. The summed E-state index contributed by atoms with van der Waals surface area (Å²) < 4.78 is 1.96. The lowest BCUT2D eigenvalue weighted by Crippen LogP contribution is -2.38. The molecule has 0 unspecified atom stereocenters. The number of hydrogen-bond acceptors (Lipinski definition) is 3. The van der Waals surface area contributed by atoms with Crippen LogP contribution in [0.5, 0.6) is 0 Å². The third-order valence-corrected chi connectivity index (χ3v) is 5.71. The minimum absolute atomic E-state index is 0.217. The van der Waals surface area contributed by atoms with E-state index < -0.39 is 0 Å². The van der Waals surface area contributed by atoms with E-state index in [0.29, 0.717) is 23.7 Å². The molecule has 1 aliphatic heterocycles. The zero-order chi connectivity index (χ0) is 18.8. The van der Waals surface area contributed by atoms with Crippen molar-refractivity contribution >= 4 is 23.4 Å². The van der Waals surface area contributed by atoms with Gasteiger partial charge >= 0.3 is 0 Å². The lowest BCUT2D eigenvalue weighted by molar-refractivity contribution is -0.138. The summed E-state index contributed by atoms with van der Waals surface area (Å²) in [4.78, 5) is 26.9. The van der Waals surface area contributed by atoms with Gasteiger partial charge in [-0.3, -0.25) is 14.3 Å². The molecule has 2 aromatic rings. The topological polar surface area (TPSA) is 67.2 Å². The predicted molar refractivity (Wildman–Crippen MR) is 102 cm³/mol. The smallest absolute Gasteiger partial charge is 0.253 e. The Morgan fingerprint density at radius 2 is 2.00 bits per heavy atom. The molecule has 1 saturated carbocycles. The third-order valence-electron chi connectivity index (χ3n) is 5.38. The molecule has 142 valence electrons. The van der Waals surface area contributed by atoms with E-state index in [1.807, 2.05) is 15.6 Å². The van der Waals surface area contributed by atoms with E-state index in [0.717, 1.165) is 50.2 Å². The zero-order valence-electron chi connectivity index (χ0n) is 15.2. The number of fused-ring (bicyclic) bond motifs is 1. The highest BCUT2D eigenvalue weighted by Crippen LogP contribution is 2.29. The highest BCUT2D eigenvalue weighted by molar-refractivity contribution is 6.33. The normalized spacial score (nSPS) is 17.0. The van der Waals surface area contributed by atoms with Gasteiger partial charge in [0.1, 0.15) is 0 Å². The zero-order valence-corrected chi connectivity index (χ0v) is 15.9. The van der Waals surface area contributed by atoms with Crippen molar-refractivity contribution in [3.05, 3.63) is 52.3 Å². The Kier molecular flexibility index (Phi) is 5.16. The van der Waals surface area contributed by atoms with Gasteiger partial charge in [-0.05, 0) is 37.5 Å². The fourth-order valence-electron chi connectivity index (χ4n) is 3.62. The average molecular weight is 387 g/mol. The molecule has 2 amide bonds. The summed E-state index contributed by atoms with van der Waals surface area (Å²) in [6.07, 6.45) is 4.11. The van der Waals surface area contributed by atoms with Crippen LogP contribution in [0, 0.1) is 5.92 Å². The molecule has 0 saturated heterocycles. The van der Waals surface area contributed by atoms with Crippen LogP contribution in [0.2, 0.25) is 5.02 Å². The van der Waals surface area contributed by atoms with E-state index in [1.165, 1.54) is 0 Å². The summed E-state index contributed by atoms with van der Waals surface area (Å²) in [5.41, 5.74) is 2.28. The number of carbonyl (C=O) groups is 2. The molecule has 1 aromatic carbocycles. The molecule has 0 radical (unpaired) electrons. The summed E-state index contributed by atoms with van der Waals surface area (Å²) in [6.45, 7) is 2.51. The lowest BCUT2D eigenvalue weighted by atomic mass is 9.84. The van der Waals surface area contributed by atoms with Crippen molar-refractivity contribution in [3.63, 3.8) is 0 Å². The van der Waals surface area contributed by atoms with Crippen LogP contribution in [0.25, 0.3) is 0 Å². The van der Waals surface area contributed by atoms with E-state index in [4.69, 9.17) is 11.6 Å². The monoisotopic (exact) mass is 386 g/mol. The van der Waals surface area contributed by atoms with Gasteiger partial charge in [0.25, 0.3) is 5.91 Å². The maximum absolute atomic E-state index is 12.6. The maximum Gasteiger partial charge on any atom is 0.253 e. The Hall–Kier alpha value is -2.34. The molecular weight excluding hydrogens is 364 g/mol. The van der Waals surface area contributed by atoms with Crippen LogP contribution in [0.3, 0.4) is 0 Å². The predicted octanol–water partition coefficient (Wildman–Crippen LogP) is 3.00. The molecule has 4 rings (SSSR count). The molecule has 7 heteroatoms. The second kappa shape index (κ2) is 7.72. The van der Waals surface area contributed by atoms with Crippen LogP contribution >= 0.6 is 11.6 Å². The van der Waals surface area contributed by atoms with Crippen molar-refractivity contribution in [3.8, 4) is 0 Å². The van der Waals surface area contributed by atoms with Crippen LogP contribution in [0.4, 0.5) is 0 Å². The SMILES string of the molecule is O=C(NCc1cc2n(n1)CCCN(C(=O)C1CCC1)C2)c1ccccc1Cl. The molecule has 2 aliphatic rings. The van der Waals surface area contributed by atoms with E-state index in [9.17, 15) is 9.59 Å². The van der Waals surface area contributed by atoms with Crippen molar-refractivity contribution in [2.75, 3.05) is 6.54 Å². The van der Waals surface area contributed by atoms with Gasteiger partial charge in [-0.15, -0.1) is 0 Å². The van der Waals surface area contributed by atoms with Gasteiger partial charge in [0.05, 0.1) is 35.1 Å². The number of aryl methyl sites for hydroxylation is 1. The number of aromatic nitrogens is 2. The van der Waals surface area contributed by atoms with E-state index in [1.54, 1.807) is 24.3 Å². The first-order valence-corrected chi connectivity index (χ1v) is 9.87. The van der Waals surface area contributed by atoms with Gasteiger partial charge in [0.2, 0.25) is 5.91 Å². The Morgan fingerprint density at radius 3 is 2.74 bits per heavy atom. The number of halogens is 1. The summed E-state index contributed by atoms with van der Waals surface area (Å²) in [7, 11) is 0. The fraction of sp³-hybridized carbons (Fsp3) is 0.450. The van der Waals surface area contributed by atoms with Crippen molar-refractivity contribution in [1.29, 1.82) is 0 Å². The van der Waals surface area contributed by atoms with Gasteiger partial charge in [-0.1, -0.05) is 30.2 Å². The molecule has 1 N–H and O–H groups in total. The van der Waals surface area contributed by atoms with Crippen molar-refractivity contribution in [1.82, 2.24) is 20.0 Å². The van der Waals surface area contributed by atoms with E-state index in [-0.39, 0.29) is 17.7 Å². The molecule has 6 nitrogen and oxygen atoms in total. The van der Waals surface area contributed by atoms with Gasteiger partial charge in [-0.2, -0.15) is 5.10 Å². The van der Waals surface area contributed by atoms with Crippen LogP contribution in [0.15, 0.2) is 30.3 Å². The summed E-state index contributed by atoms with van der Waals surface area (Å²) in [6, 6.07) is 8.96. The second-order valence-corrected chi connectivity index (χ2v) is 7.66. The first kappa shape index (κ1) is 18.0. The highest BCUT2D eigenvalue weighted by Gasteiger charge is 2.30. The van der Waals surface area contributed by atoms with Gasteiger partial charge in [-0.25, -0.2) is 0 Å². The average Bonchev–Trinajstić information content (AvgIpc) is 2.88. The Morgan fingerprint density at radius 1 is 1.19 bits per heavy atom. The molecule has 0 atom stereocenters. The highest BCUT2D eigenvalue weighted by atomic mass is 35.5. The molecule has 0 bridgehead atoms. The molecule has 27 heavy (non-hydrogen) atoms. The summed E-state index contributed by atoms with van der Waals surface area (Å²) in [5.74, 6) is 0.281. The molecule has 1 aliphatic carbocycles. The summed E-state index contributed by atoms with van der Waals surface area (Å²) >= 11 is 6.07. The minimum atomic E-state index is -0.217. The minimum Gasteiger partial charge on any atom is -0.346 e. The number of hydrogen-bond donors (Lipinski definition) is 1. The number of nitrogens with zero attached hydrogens (tertiary/aromatic N) is 3. The molecule has 2 heterocycles. The molecule has 1 fully saturated rings. The van der Waals surface area contributed by atoms with Crippen LogP contribution in [0.1, 0.15) is 47.4 Å². The Bertz CT molecular complexity index is 859.